The Morgan fingerprint density at radius 1 is 1.15 bits per heavy atom. The Hall–Kier alpha value is -0.570. The molecule has 2 unspecified atom stereocenters. The van der Waals surface area contributed by atoms with Crippen molar-refractivity contribution in [3.8, 4) is 0 Å². The van der Waals surface area contributed by atoms with Crippen molar-refractivity contribution in [1.29, 1.82) is 0 Å². The fourth-order valence-electron chi connectivity index (χ4n) is 4.55. The molecular formula is C17H32N2O. The van der Waals surface area contributed by atoms with Gasteiger partial charge in [0, 0.05) is 19.1 Å². The van der Waals surface area contributed by atoms with Crippen molar-refractivity contribution in [1.82, 2.24) is 4.90 Å². The molecule has 2 fully saturated rings. The maximum absolute atomic E-state index is 13.2. The second-order valence-electron chi connectivity index (χ2n) is 6.88. The highest BCUT2D eigenvalue weighted by molar-refractivity contribution is 5.83. The van der Waals surface area contributed by atoms with Crippen LogP contribution in [0.4, 0.5) is 0 Å². The monoisotopic (exact) mass is 280 g/mol. The van der Waals surface area contributed by atoms with E-state index < -0.39 is 0 Å². The third-order valence-corrected chi connectivity index (χ3v) is 5.57. The number of hydrogen-bond donors (Lipinski definition) is 1. The highest BCUT2D eigenvalue weighted by Gasteiger charge is 2.45. The van der Waals surface area contributed by atoms with Gasteiger partial charge >= 0.3 is 0 Å². The lowest BCUT2D eigenvalue weighted by molar-refractivity contribution is -0.144. The van der Waals surface area contributed by atoms with Crippen LogP contribution in [0, 0.1) is 11.3 Å². The molecule has 1 saturated carbocycles. The molecule has 1 heterocycles. The second-order valence-corrected chi connectivity index (χ2v) is 6.88. The molecule has 20 heavy (non-hydrogen) atoms. The number of hydrogen-bond acceptors (Lipinski definition) is 2. The van der Waals surface area contributed by atoms with Crippen LogP contribution in [0.15, 0.2) is 0 Å². The Kier molecular flexibility index (Phi) is 5.48. The SMILES string of the molecule is CCCC(CN)(CCC)C(=O)N1CCC2CCCCC21. The zero-order valence-corrected chi connectivity index (χ0v) is 13.4. The first kappa shape index (κ1) is 15.8. The summed E-state index contributed by atoms with van der Waals surface area (Å²) in [4.78, 5) is 15.4. The minimum Gasteiger partial charge on any atom is -0.339 e. The molecule has 3 nitrogen and oxygen atoms in total. The van der Waals surface area contributed by atoms with E-state index in [4.69, 9.17) is 5.73 Å². The highest BCUT2D eigenvalue weighted by atomic mass is 16.2. The van der Waals surface area contributed by atoms with Gasteiger partial charge in [0.25, 0.3) is 0 Å². The minimum atomic E-state index is -0.282. The first-order valence-electron chi connectivity index (χ1n) is 8.69. The molecule has 1 amide bonds. The number of carbonyl (C=O) groups excluding carboxylic acids is 1. The third kappa shape index (κ3) is 2.88. The van der Waals surface area contributed by atoms with Gasteiger partial charge in [0.05, 0.1) is 5.41 Å². The van der Waals surface area contributed by atoms with Gasteiger partial charge in [-0.15, -0.1) is 0 Å². The van der Waals surface area contributed by atoms with Crippen molar-refractivity contribution in [3.63, 3.8) is 0 Å². The minimum absolute atomic E-state index is 0.282. The van der Waals surface area contributed by atoms with Crippen molar-refractivity contribution >= 4 is 5.91 Å². The molecule has 0 bridgehead atoms. The smallest absolute Gasteiger partial charge is 0.230 e. The average Bonchev–Trinajstić information content (AvgIpc) is 2.90. The summed E-state index contributed by atoms with van der Waals surface area (Å²) in [5.74, 6) is 1.14. The van der Waals surface area contributed by atoms with Gasteiger partial charge in [0.2, 0.25) is 5.91 Å². The molecule has 2 atom stereocenters. The summed E-state index contributed by atoms with van der Waals surface area (Å²) >= 11 is 0. The number of nitrogens with two attached hydrogens (primary N) is 1. The fourth-order valence-corrected chi connectivity index (χ4v) is 4.55. The van der Waals surface area contributed by atoms with Crippen molar-refractivity contribution in [2.24, 2.45) is 17.1 Å². The normalized spacial score (nSPS) is 26.6. The van der Waals surface area contributed by atoms with Crippen LogP contribution >= 0.6 is 0 Å². The summed E-state index contributed by atoms with van der Waals surface area (Å²) in [6.45, 7) is 5.83. The van der Waals surface area contributed by atoms with Crippen LogP contribution in [0.3, 0.4) is 0 Å². The highest BCUT2D eigenvalue weighted by Crippen LogP contribution is 2.40. The number of fused-ring (bicyclic) bond motifs is 1. The molecule has 0 aromatic rings. The quantitative estimate of drug-likeness (QED) is 0.811. The first-order valence-corrected chi connectivity index (χ1v) is 8.69. The van der Waals surface area contributed by atoms with E-state index in [0.717, 1.165) is 38.1 Å². The Morgan fingerprint density at radius 3 is 2.40 bits per heavy atom. The van der Waals surface area contributed by atoms with Gasteiger partial charge < -0.3 is 10.6 Å². The van der Waals surface area contributed by atoms with Crippen molar-refractivity contribution in [2.75, 3.05) is 13.1 Å². The topological polar surface area (TPSA) is 46.3 Å². The van der Waals surface area contributed by atoms with Crippen molar-refractivity contribution in [3.05, 3.63) is 0 Å². The maximum atomic E-state index is 13.2. The number of amides is 1. The fraction of sp³-hybridized carbons (Fsp3) is 0.941. The van der Waals surface area contributed by atoms with E-state index in [1.807, 2.05) is 0 Å². The van der Waals surface area contributed by atoms with Gasteiger partial charge in [-0.3, -0.25) is 4.79 Å². The van der Waals surface area contributed by atoms with Crippen molar-refractivity contribution < 1.29 is 4.79 Å². The van der Waals surface area contributed by atoms with E-state index in [1.165, 1.54) is 32.1 Å². The zero-order chi connectivity index (χ0) is 14.6. The molecule has 116 valence electrons. The van der Waals surface area contributed by atoms with E-state index in [1.54, 1.807) is 0 Å². The molecular weight excluding hydrogens is 248 g/mol. The molecule has 1 aliphatic carbocycles. The molecule has 0 aromatic heterocycles. The van der Waals surface area contributed by atoms with Crippen LogP contribution < -0.4 is 5.73 Å². The molecule has 2 rings (SSSR count). The largest absolute Gasteiger partial charge is 0.339 e. The molecule has 2 N–H and O–H groups in total. The summed E-state index contributed by atoms with van der Waals surface area (Å²) in [6.07, 6.45) is 10.4. The zero-order valence-electron chi connectivity index (χ0n) is 13.4. The predicted octanol–water partition coefficient (Wildman–Crippen LogP) is 3.32. The second kappa shape index (κ2) is 6.93. The number of nitrogens with zero attached hydrogens (tertiary/aromatic N) is 1. The van der Waals surface area contributed by atoms with Gasteiger partial charge in [-0.25, -0.2) is 0 Å². The summed E-state index contributed by atoms with van der Waals surface area (Å²) in [6, 6.07) is 0.524. The number of likely N-dealkylation sites (tertiary alicyclic amines) is 1. The molecule has 0 spiro atoms. The van der Waals surface area contributed by atoms with Crippen LogP contribution in [0.5, 0.6) is 0 Å². The van der Waals surface area contributed by atoms with Crippen LogP contribution in [-0.2, 0) is 4.79 Å². The predicted molar refractivity (Wildman–Crippen MR) is 83.4 cm³/mol. The van der Waals surface area contributed by atoms with E-state index in [2.05, 4.69) is 18.7 Å². The average molecular weight is 280 g/mol. The summed E-state index contributed by atoms with van der Waals surface area (Å²) in [7, 11) is 0. The van der Waals surface area contributed by atoms with Gasteiger partial charge in [-0.05, 0) is 38.0 Å². The van der Waals surface area contributed by atoms with Crippen LogP contribution in [0.25, 0.3) is 0 Å². The van der Waals surface area contributed by atoms with E-state index in [9.17, 15) is 4.79 Å². The van der Waals surface area contributed by atoms with Crippen LogP contribution in [0.2, 0.25) is 0 Å². The van der Waals surface area contributed by atoms with E-state index in [0.29, 0.717) is 18.5 Å². The Morgan fingerprint density at radius 2 is 1.80 bits per heavy atom. The van der Waals surface area contributed by atoms with Crippen molar-refractivity contribution in [2.45, 2.75) is 77.7 Å². The van der Waals surface area contributed by atoms with Gasteiger partial charge in [-0.2, -0.15) is 0 Å². The lowest BCUT2D eigenvalue weighted by Gasteiger charge is -2.39. The Balaban J connectivity index is 2.14. The molecule has 3 heteroatoms. The summed E-state index contributed by atoms with van der Waals surface area (Å²) in [5.41, 5.74) is 5.79. The third-order valence-electron chi connectivity index (χ3n) is 5.57. The molecule has 1 saturated heterocycles. The molecule has 0 aromatic carbocycles. The molecule has 0 radical (unpaired) electrons. The van der Waals surface area contributed by atoms with Crippen LogP contribution in [-0.4, -0.2) is 29.9 Å². The maximum Gasteiger partial charge on any atom is 0.230 e. The summed E-state index contributed by atoms with van der Waals surface area (Å²) in [5, 5.41) is 0. The van der Waals surface area contributed by atoms with E-state index in [-0.39, 0.29) is 5.41 Å². The Bertz CT molecular complexity index is 323. The molecule has 2 aliphatic rings. The lowest BCUT2D eigenvalue weighted by Crippen LogP contribution is -2.50. The molecule has 1 aliphatic heterocycles. The van der Waals surface area contributed by atoms with E-state index >= 15 is 0 Å². The summed E-state index contributed by atoms with van der Waals surface area (Å²) < 4.78 is 0. The number of rotatable bonds is 6. The standard InChI is InChI=1S/C17H32N2O/c1-3-10-17(13-18,11-4-2)16(20)19-12-9-14-7-5-6-8-15(14)19/h14-15H,3-13,18H2,1-2H3. The Labute approximate surface area is 124 Å². The van der Waals surface area contributed by atoms with Gasteiger partial charge in [0.15, 0.2) is 0 Å². The van der Waals surface area contributed by atoms with Gasteiger partial charge in [-0.1, -0.05) is 39.5 Å². The van der Waals surface area contributed by atoms with Gasteiger partial charge in [0.1, 0.15) is 0 Å². The van der Waals surface area contributed by atoms with Crippen LogP contribution in [0.1, 0.15) is 71.6 Å². The first-order chi connectivity index (χ1) is 9.68. The lowest BCUT2D eigenvalue weighted by atomic mass is 9.77. The number of carbonyl (C=O) groups is 1.